The zero-order chi connectivity index (χ0) is 22.3. The van der Waals surface area contributed by atoms with E-state index in [-0.39, 0.29) is 9.79 Å². The summed E-state index contributed by atoms with van der Waals surface area (Å²) in [6.45, 7) is 5.29. The second-order valence-electron chi connectivity index (χ2n) is 7.02. The average Bonchev–Trinajstić information content (AvgIpc) is 2.63. The van der Waals surface area contributed by atoms with E-state index in [4.69, 9.17) is 0 Å². The quantitative estimate of drug-likeness (QED) is 0.288. The lowest BCUT2D eigenvalue weighted by atomic mass is 10.1. The maximum absolute atomic E-state index is 13.8. The fourth-order valence-corrected chi connectivity index (χ4v) is 6.26. The summed E-state index contributed by atoms with van der Waals surface area (Å²) >= 11 is 0. The molecule has 0 saturated heterocycles. The molecule has 0 saturated carbocycles. The second kappa shape index (κ2) is 8.02. The molecule has 158 valence electrons. The molecule has 3 aromatic carbocycles. The molecule has 0 amide bonds. The minimum absolute atomic E-state index is 0.170. The fourth-order valence-electron chi connectivity index (χ4n) is 3.58. The molecule has 0 spiro atoms. The van der Waals surface area contributed by atoms with Gasteiger partial charge in [-0.05, 0) is 45.0 Å². The first kappa shape index (κ1) is 22.3. The molecule has 0 fully saturated rings. The van der Waals surface area contributed by atoms with Crippen LogP contribution in [0.1, 0.15) is 27.8 Å². The van der Waals surface area contributed by atoms with E-state index in [0.717, 1.165) is 17.7 Å². The van der Waals surface area contributed by atoms with E-state index >= 15 is 0 Å². The molecule has 0 bridgehead atoms. The molecule has 0 heterocycles. The van der Waals surface area contributed by atoms with Crippen LogP contribution >= 0.6 is 0 Å². The summed E-state index contributed by atoms with van der Waals surface area (Å²) in [4.78, 5) is 0.141. The lowest BCUT2D eigenvalue weighted by Gasteiger charge is -2.19. The number of halogens is 6. The largest absolute Gasteiger partial charge is 0.421 e. The molecule has 0 aliphatic heterocycles. The van der Waals surface area contributed by atoms with Gasteiger partial charge in [-0.3, -0.25) is 0 Å². The predicted molar refractivity (Wildman–Crippen MR) is 106 cm³/mol. The van der Waals surface area contributed by atoms with Crippen LogP contribution in [0.5, 0.6) is 0 Å². The number of hydrogen-bond acceptors (Lipinski definition) is 0. The van der Waals surface area contributed by atoms with Crippen molar-refractivity contribution in [2.24, 2.45) is 0 Å². The predicted octanol–water partition coefficient (Wildman–Crippen LogP) is 7.74. The van der Waals surface area contributed by atoms with E-state index in [2.05, 4.69) is 0 Å². The monoisotopic (exact) mass is 441 g/mol. The Labute approximate surface area is 173 Å². The zero-order valence-corrected chi connectivity index (χ0v) is 17.3. The van der Waals surface area contributed by atoms with Crippen molar-refractivity contribution in [3.8, 4) is 0 Å². The Hall–Kier alpha value is -2.41. The van der Waals surface area contributed by atoms with E-state index < -0.39 is 34.4 Å². The van der Waals surface area contributed by atoms with E-state index in [1.807, 2.05) is 6.92 Å². The first-order chi connectivity index (χ1) is 13.9. The Morgan fingerprint density at radius 3 is 1.33 bits per heavy atom. The van der Waals surface area contributed by atoms with Gasteiger partial charge in [-0.1, -0.05) is 42.0 Å². The van der Waals surface area contributed by atoms with Crippen LogP contribution in [0.2, 0.25) is 0 Å². The topological polar surface area (TPSA) is 0 Å². The molecular formula is C23H19F6S+. The van der Waals surface area contributed by atoms with Gasteiger partial charge in [0.05, 0.1) is 0 Å². The molecular weight excluding hydrogens is 422 g/mol. The molecule has 3 aromatic rings. The molecule has 0 unspecified atom stereocenters. The van der Waals surface area contributed by atoms with E-state index in [1.54, 1.807) is 26.0 Å². The van der Waals surface area contributed by atoms with Crippen LogP contribution in [0.25, 0.3) is 0 Å². The Kier molecular flexibility index (Phi) is 5.96. The van der Waals surface area contributed by atoms with Crippen molar-refractivity contribution in [3.63, 3.8) is 0 Å². The highest BCUT2D eigenvalue weighted by Crippen LogP contribution is 2.45. The van der Waals surface area contributed by atoms with E-state index in [9.17, 15) is 26.3 Å². The summed E-state index contributed by atoms with van der Waals surface area (Å²) in [5.74, 6) is 0. The van der Waals surface area contributed by atoms with Crippen LogP contribution in [0, 0.1) is 20.8 Å². The minimum atomic E-state index is -4.69. The van der Waals surface area contributed by atoms with Gasteiger partial charge >= 0.3 is 12.4 Å². The van der Waals surface area contributed by atoms with Crippen molar-refractivity contribution in [2.45, 2.75) is 47.8 Å². The van der Waals surface area contributed by atoms with Gasteiger partial charge in [0.2, 0.25) is 0 Å². The number of hydrogen-bond donors (Lipinski definition) is 0. The minimum Gasteiger partial charge on any atom is -0.166 e. The van der Waals surface area contributed by atoms with Crippen molar-refractivity contribution in [1.82, 2.24) is 0 Å². The molecule has 0 nitrogen and oxygen atoms in total. The average molecular weight is 441 g/mol. The Bertz CT molecular complexity index is 985. The lowest BCUT2D eigenvalue weighted by Crippen LogP contribution is -2.19. The number of rotatable bonds is 3. The maximum Gasteiger partial charge on any atom is 0.421 e. The number of aryl methyl sites for hydroxylation is 3. The number of benzene rings is 3. The van der Waals surface area contributed by atoms with Crippen molar-refractivity contribution in [2.75, 3.05) is 0 Å². The van der Waals surface area contributed by atoms with Gasteiger partial charge < -0.3 is 0 Å². The van der Waals surface area contributed by atoms with Gasteiger partial charge in [-0.2, -0.15) is 26.3 Å². The molecule has 30 heavy (non-hydrogen) atoms. The van der Waals surface area contributed by atoms with Gasteiger partial charge in [0.15, 0.2) is 14.7 Å². The first-order valence-corrected chi connectivity index (χ1v) is 10.3. The summed E-state index contributed by atoms with van der Waals surface area (Å²) in [5, 5.41) is 0. The highest BCUT2D eigenvalue weighted by atomic mass is 32.2. The van der Waals surface area contributed by atoms with Crippen molar-refractivity contribution >= 4 is 10.9 Å². The highest BCUT2D eigenvalue weighted by Gasteiger charge is 2.47. The lowest BCUT2D eigenvalue weighted by molar-refractivity contribution is -0.140. The van der Waals surface area contributed by atoms with Crippen molar-refractivity contribution < 1.29 is 26.3 Å². The summed E-state index contributed by atoms with van der Waals surface area (Å²) in [5.41, 5.74) is 0.356. The summed E-state index contributed by atoms with van der Waals surface area (Å²) < 4.78 is 82.9. The van der Waals surface area contributed by atoms with Crippen LogP contribution in [0.15, 0.2) is 75.4 Å². The summed E-state index contributed by atoms with van der Waals surface area (Å²) in [6, 6.07) is 13.3. The molecule has 0 atom stereocenters. The third-order valence-electron chi connectivity index (χ3n) is 4.63. The molecule has 7 heteroatoms. The van der Waals surface area contributed by atoms with Crippen LogP contribution in [-0.2, 0) is 23.2 Å². The molecule has 0 aliphatic rings. The van der Waals surface area contributed by atoms with E-state index in [0.29, 0.717) is 16.0 Å². The molecule has 0 aromatic heterocycles. The van der Waals surface area contributed by atoms with Crippen LogP contribution in [-0.4, -0.2) is 0 Å². The Balaban J connectivity index is 2.44. The molecule has 3 rings (SSSR count). The normalized spacial score (nSPS) is 12.5. The third kappa shape index (κ3) is 4.36. The smallest absolute Gasteiger partial charge is 0.166 e. The maximum atomic E-state index is 13.8. The SMILES string of the molecule is Cc1cc(C)c([S+](c2ccccc2C(F)(F)F)c2ccccc2C(F)(F)F)c(C)c1. The van der Waals surface area contributed by atoms with Crippen molar-refractivity contribution in [3.05, 3.63) is 88.5 Å². The van der Waals surface area contributed by atoms with E-state index in [1.165, 1.54) is 36.4 Å². The molecule has 0 N–H and O–H groups in total. The van der Waals surface area contributed by atoms with Gasteiger partial charge in [-0.25, -0.2) is 0 Å². The Morgan fingerprint density at radius 2 is 0.967 bits per heavy atom. The van der Waals surface area contributed by atoms with Crippen LogP contribution in [0.4, 0.5) is 26.3 Å². The fraction of sp³-hybridized carbons (Fsp3) is 0.217. The van der Waals surface area contributed by atoms with Crippen molar-refractivity contribution in [1.29, 1.82) is 0 Å². The Morgan fingerprint density at radius 1 is 0.600 bits per heavy atom. The van der Waals surface area contributed by atoms with Gasteiger partial charge in [-0.15, -0.1) is 0 Å². The van der Waals surface area contributed by atoms with Gasteiger partial charge in [0, 0.05) is 11.1 Å². The standard InChI is InChI=1S/C23H19F6S/c1-14-12-15(2)21(16(3)13-14)30(19-10-6-4-8-17(19)22(24,25)26)20-11-7-5-9-18(20)23(27,28)29/h4-13H,1-3H3/q+1. The van der Waals surface area contributed by atoms with Crippen LogP contribution in [0.3, 0.4) is 0 Å². The van der Waals surface area contributed by atoms with Gasteiger partial charge in [0.25, 0.3) is 0 Å². The molecule has 0 radical (unpaired) electrons. The third-order valence-corrected chi connectivity index (χ3v) is 7.28. The molecule has 0 aliphatic carbocycles. The highest BCUT2D eigenvalue weighted by molar-refractivity contribution is 7.97. The second-order valence-corrected chi connectivity index (χ2v) is 8.92. The summed E-state index contributed by atoms with van der Waals surface area (Å²) in [7, 11) is -1.60. The number of alkyl halides is 6. The van der Waals surface area contributed by atoms with Crippen LogP contribution < -0.4 is 0 Å². The van der Waals surface area contributed by atoms with Gasteiger partial charge in [0.1, 0.15) is 22.0 Å². The summed E-state index contributed by atoms with van der Waals surface area (Å²) in [6.07, 6.45) is -9.39. The zero-order valence-electron chi connectivity index (χ0n) is 16.4. The first-order valence-electron chi connectivity index (χ1n) is 9.06.